The maximum Gasteiger partial charge on any atom is 1.00 e. The molecule has 0 bridgehead atoms. The summed E-state index contributed by atoms with van der Waals surface area (Å²) < 4.78 is 24.9. The van der Waals surface area contributed by atoms with E-state index in [4.69, 9.17) is 5.11 Å². The SMILES string of the molecule is CC.CC1CC(F)(F)CC1C=O.C[O-].[Rb+]. The molecule has 1 saturated carbocycles. The van der Waals surface area contributed by atoms with E-state index in [1.54, 1.807) is 6.92 Å². The molecule has 0 aromatic rings. The summed E-state index contributed by atoms with van der Waals surface area (Å²) in [6.07, 6.45) is 0.264. The maximum absolute atomic E-state index is 12.5. The molecular weight excluding hydrogens is 276 g/mol. The van der Waals surface area contributed by atoms with Crippen LogP contribution in [-0.2, 0) is 4.79 Å². The Hall–Kier alpha value is 1.30. The number of aldehydes is 1. The van der Waals surface area contributed by atoms with E-state index in [-0.39, 0.29) is 76.9 Å². The first-order valence-corrected chi connectivity index (χ1v) is 4.79. The van der Waals surface area contributed by atoms with E-state index in [9.17, 15) is 13.6 Å². The van der Waals surface area contributed by atoms with Crippen molar-refractivity contribution < 1.29 is 76.9 Å². The zero-order valence-corrected chi connectivity index (χ0v) is 15.1. The van der Waals surface area contributed by atoms with Gasteiger partial charge in [0.25, 0.3) is 0 Å². The molecule has 0 spiro atoms. The third-order valence-corrected chi connectivity index (χ3v) is 2.06. The molecule has 15 heavy (non-hydrogen) atoms. The summed E-state index contributed by atoms with van der Waals surface area (Å²) >= 11 is 0. The smallest absolute Gasteiger partial charge is 0.857 e. The van der Waals surface area contributed by atoms with Crippen LogP contribution in [0.2, 0.25) is 0 Å². The predicted molar refractivity (Wildman–Crippen MR) is 50.2 cm³/mol. The van der Waals surface area contributed by atoms with Gasteiger partial charge in [-0.25, -0.2) is 8.78 Å². The van der Waals surface area contributed by atoms with Gasteiger partial charge in [0, 0.05) is 18.8 Å². The summed E-state index contributed by atoms with van der Waals surface area (Å²) in [4.78, 5) is 10.2. The minimum Gasteiger partial charge on any atom is -0.857 e. The molecule has 0 aliphatic heterocycles. The second-order valence-corrected chi connectivity index (χ2v) is 3.04. The number of halogens is 2. The van der Waals surface area contributed by atoms with E-state index >= 15 is 0 Å². The molecule has 0 amide bonds. The predicted octanol–water partition coefficient (Wildman–Crippen LogP) is -1.13. The first-order valence-electron chi connectivity index (χ1n) is 4.79. The van der Waals surface area contributed by atoms with Crippen molar-refractivity contribution in [1.82, 2.24) is 0 Å². The van der Waals surface area contributed by atoms with E-state index < -0.39 is 11.8 Å². The molecule has 2 unspecified atom stereocenters. The van der Waals surface area contributed by atoms with Crippen molar-refractivity contribution in [2.24, 2.45) is 11.8 Å². The molecule has 1 aliphatic rings. The number of rotatable bonds is 1. The van der Waals surface area contributed by atoms with Crippen molar-refractivity contribution in [3.8, 4) is 0 Å². The van der Waals surface area contributed by atoms with Gasteiger partial charge in [-0.1, -0.05) is 20.8 Å². The molecule has 2 nitrogen and oxygen atoms in total. The zero-order chi connectivity index (χ0) is 11.8. The molecule has 2 atom stereocenters. The molecule has 5 heteroatoms. The normalized spacial score (nSPS) is 26.1. The molecule has 1 aliphatic carbocycles. The van der Waals surface area contributed by atoms with Crippen molar-refractivity contribution in [3.63, 3.8) is 0 Å². The average Bonchev–Trinajstić information content (AvgIpc) is 2.46. The fourth-order valence-electron chi connectivity index (χ4n) is 1.43. The number of hydrogen-bond donors (Lipinski definition) is 0. The Morgan fingerprint density at radius 1 is 1.27 bits per heavy atom. The van der Waals surface area contributed by atoms with E-state index in [1.807, 2.05) is 13.8 Å². The quantitative estimate of drug-likeness (QED) is 0.575. The molecule has 0 radical (unpaired) electrons. The Bertz CT molecular complexity index is 154. The molecule has 1 fully saturated rings. The van der Waals surface area contributed by atoms with Gasteiger partial charge >= 0.3 is 58.2 Å². The summed E-state index contributed by atoms with van der Waals surface area (Å²) in [5.74, 6) is -3.16. The van der Waals surface area contributed by atoms with Gasteiger partial charge in [-0.3, -0.25) is 0 Å². The molecule has 86 valence electrons. The second kappa shape index (κ2) is 11.8. The fourth-order valence-corrected chi connectivity index (χ4v) is 1.43. The first kappa shape index (κ1) is 21.6. The summed E-state index contributed by atoms with van der Waals surface area (Å²) in [6.45, 7) is 5.69. The number of hydrogen-bond acceptors (Lipinski definition) is 2. The van der Waals surface area contributed by atoms with Crippen molar-refractivity contribution in [2.45, 2.75) is 39.5 Å². The third-order valence-electron chi connectivity index (χ3n) is 2.06. The maximum atomic E-state index is 12.5. The van der Waals surface area contributed by atoms with E-state index in [1.165, 1.54) is 0 Å². The van der Waals surface area contributed by atoms with Crippen molar-refractivity contribution in [1.29, 1.82) is 0 Å². The standard InChI is InChI=1S/C7H10F2O.C2H6.CH3O.Rb/c1-5-2-7(8,9)3-6(5)4-10;2*1-2;/h4-6H,2-3H2,1H3;1-2H3;1H3;/q;;-1;+1. The molecule has 0 N–H and O–H groups in total. The van der Waals surface area contributed by atoms with E-state index in [0.717, 1.165) is 7.11 Å². The summed E-state index contributed by atoms with van der Waals surface area (Å²) in [7, 11) is 0.750. The van der Waals surface area contributed by atoms with Gasteiger partial charge in [-0.15, -0.1) is 0 Å². The van der Waals surface area contributed by atoms with Gasteiger partial charge in [0.05, 0.1) is 0 Å². The Morgan fingerprint density at radius 2 is 1.67 bits per heavy atom. The minimum atomic E-state index is -2.59. The van der Waals surface area contributed by atoms with E-state index in [2.05, 4.69) is 0 Å². The molecule has 0 heterocycles. The van der Waals surface area contributed by atoms with Crippen LogP contribution in [0.4, 0.5) is 8.78 Å². The van der Waals surface area contributed by atoms with Gasteiger partial charge in [0.1, 0.15) is 6.29 Å². The Kier molecular flexibility index (Phi) is 16.9. The summed E-state index contributed by atoms with van der Waals surface area (Å²) in [6, 6.07) is 0. The average molecular weight is 295 g/mol. The first-order chi connectivity index (χ1) is 6.55. The molecular formula is C10H19F2O2Rb. The van der Waals surface area contributed by atoms with Gasteiger partial charge in [-0.05, 0) is 5.92 Å². The third kappa shape index (κ3) is 9.04. The monoisotopic (exact) mass is 294 g/mol. The fraction of sp³-hybridized carbons (Fsp3) is 0.900. The van der Waals surface area contributed by atoms with Crippen LogP contribution in [-0.4, -0.2) is 19.3 Å². The summed E-state index contributed by atoms with van der Waals surface area (Å²) in [5, 5.41) is 8.25. The second-order valence-electron chi connectivity index (χ2n) is 3.04. The van der Waals surface area contributed by atoms with Crippen LogP contribution in [0.5, 0.6) is 0 Å². The van der Waals surface area contributed by atoms with Crippen LogP contribution >= 0.6 is 0 Å². The minimum absolute atomic E-state index is 0. The van der Waals surface area contributed by atoms with Crippen molar-refractivity contribution >= 4 is 6.29 Å². The Morgan fingerprint density at radius 3 is 1.80 bits per heavy atom. The van der Waals surface area contributed by atoms with Crippen LogP contribution in [0, 0.1) is 11.8 Å². The largest absolute Gasteiger partial charge is 1.00 e. The number of carbonyl (C=O) groups excluding carboxylic acids is 1. The topological polar surface area (TPSA) is 40.1 Å². The van der Waals surface area contributed by atoms with E-state index in [0.29, 0.717) is 6.29 Å². The molecule has 0 aromatic heterocycles. The van der Waals surface area contributed by atoms with Gasteiger partial charge < -0.3 is 9.90 Å². The number of carbonyl (C=O) groups is 1. The molecule has 0 aromatic carbocycles. The molecule has 0 saturated heterocycles. The van der Waals surface area contributed by atoms with Crippen molar-refractivity contribution in [2.75, 3.05) is 7.11 Å². The van der Waals surface area contributed by atoms with Crippen LogP contribution < -0.4 is 63.3 Å². The summed E-state index contributed by atoms with van der Waals surface area (Å²) in [5.41, 5.74) is 0. The Labute approximate surface area is 140 Å². The van der Waals surface area contributed by atoms with Crippen LogP contribution in [0.25, 0.3) is 0 Å². The van der Waals surface area contributed by atoms with Gasteiger partial charge in [-0.2, -0.15) is 7.11 Å². The Balaban J connectivity index is -0.000000258. The van der Waals surface area contributed by atoms with Crippen LogP contribution in [0.1, 0.15) is 33.6 Å². The van der Waals surface area contributed by atoms with Crippen LogP contribution in [0.15, 0.2) is 0 Å². The van der Waals surface area contributed by atoms with Crippen molar-refractivity contribution in [3.05, 3.63) is 0 Å². The van der Waals surface area contributed by atoms with Crippen LogP contribution in [0.3, 0.4) is 0 Å². The van der Waals surface area contributed by atoms with Gasteiger partial charge in [0.2, 0.25) is 5.92 Å². The number of alkyl halides is 2. The van der Waals surface area contributed by atoms with Gasteiger partial charge in [0.15, 0.2) is 0 Å². The zero-order valence-electron chi connectivity index (χ0n) is 10.2. The molecule has 1 rings (SSSR count).